The van der Waals surface area contributed by atoms with Gasteiger partial charge in [-0.1, -0.05) is 0 Å². The van der Waals surface area contributed by atoms with Crippen molar-refractivity contribution in [3.8, 4) is 0 Å². The maximum Gasteiger partial charge on any atom is 0.323 e. The summed E-state index contributed by atoms with van der Waals surface area (Å²) in [6, 6.07) is 0.00926. The van der Waals surface area contributed by atoms with Gasteiger partial charge in [-0.15, -0.1) is 12.4 Å². The van der Waals surface area contributed by atoms with E-state index in [2.05, 4.69) is 10.1 Å². The molecule has 1 aliphatic heterocycles. The van der Waals surface area contributed by atoms with Gasteiger partial charge >= 0.3 is 5.97 Å². The molecule has 0 spiro atoms. The first-order valence-electron chi connectivity index (χ1n) is 3.64. The summed E-state index contributed by atoms with van der Waals surface area (Å²) in [5.41, 5.74) is 0. The highest BCUT2D eigenvalue weighted by molar-refractivity contribution is 5.85. The highest BCUT2D eigenvalue weighted by Gasteiger charge is 2.51. The van der Waals surface area contributed by atoms with E-state index in [4.69, 9.17) is 0 Å². The van der Waals surface area contributed by atoms with Gasteiger partial charge in [-0.05, 0) is 24.8 Å². The third-order valence-electron chi connectivity index (χ3n) is 2.46. The van der Waals surface area contributed by atoms with Crippen LogP contribution in [-0.4, -0.2) is 25.7 Å². The van der Waals surface area contributed by atoms with Crippen molar-refractivity contribution < 1.29 is 9.53 Å². The summed E-state index contributed by atoms with van der Waals surface area (Å²) in [5.74, 6) is 1.27. The molecule has 2 rings (SSSR count). The summed E-state index contributed by atoms with van der Waals surface area (Å²) in [4.78, 5) is 11.0. The second-order valence-corrected chi connectivity index (χ2v) is 3.07. The largest absolute Gasteiger partial charge is 0.468 e. The number of carbonyl (C=O) groups is 1. The molecule has 0 bridgehead atoms. The van der Waals surface area contributed by atoms with Crippen molar-refractivity contribution in [1.29, 1.82) is 0 Å². The van der Waals surface area contributed by atoms with Crippen LogP contribution in [0.25, 0.3) is 0 Å². The molecule has 11 heavy (non-hydrogen) atoms. The molecule has 0 aromatic heterocycles. The number of ether oxygens (including phenoxy) is 1. The molecule has 2 fully saturated rings. The van der Waals surface area contributed by atoms with E-state index in [0.29, 0.717) is 5.92 Å². The van der Waals surface area contributed by atoms with Crippen molar-refractivity contribution in [2.45, 2.75) is 12.5 Å². The van der Waals surface area contributed by atoms with Crippen LogP contribution < -0.4 is 5.32 Å². The van der Waals surface area contributed by atoms with Crippen LogP contribution in [0.2, 0.25) is 0 Å². The van der Waals surface area contributed by atoms with Gasteiger partial charge in [0.2, 0.25) is 0 Å². The van der Waals surface area contributed by atoms with Crippen molar-refractivity contribution >= 4 is 18.4 Å². The van der Waals surface area contributed by atoms with Gasteiger partial charge in [0.1, 0.15) is 6.04 Å². The van der Waals surface area contributed by atoms with Gasteiger partial charge in [-0.2, -0.15) is 0 Å². The minimum atomic E-state index is -0.0926. The van der Waals surface area contributed by atoms with Crippen LogP contribution in [0.4, 0.5) is 0 Å². The number of esters is 1. The van der Waals surface area contributed by atoms with Crippen molar-refractivity contribution in [3.63, 3.8) is 0 Å². The molecule has 2 aliphatic rings. The third-order valence-corrected chi connectivity index (χ3v) is 2.46. The molecule has 1 heterocycles. The molecule has 0 radical (unpaired) electrons. The van der Waals surface area contributed by atoms with Crippen molar-refractivity contribution in [2.24, 2.45) is 11.8 Å². The molecule has 1 saturated heterocycles. The molecule has 0 aromatic carbocycles. The van der Waals surface area contributed by atoms with Crippen molar-refractivity contribution in [1.82, 2.24) is 5.32 Å². The molecule has 64 valence electrons. The van der Waals surface area contributed by atoms with Gasteiger partial charge in [-0.25, -0.2) is 0 Å². The second-order valence-electron chi connectivity index (χ2n) is 3.07. The van der Waals surface area contributed by atoms with Crippen LogP contribution in [0, 0.1) is 11.8 Å². The van der Waals surface area contributed by atoms with Crippen LogP contribution in [0.5, 0.6) is 0 Å². The van der Waals surface area contributed by atoms with Gasteiger partial charge in [0, 0.05) is 0 Å². The lowest BCUT2D eigenvalue weighted by molar-refractivity contribution is -0.143. The fourth-order valence-electron chi connectivity index (χ4n) is 1.73. The number of hydrogen-bond acceptors (Lipinski definition) is 3. The molecular formula is C7H12ClNO2. The molecule has 1 saturated carbocycles. The van der Waals surface area contributed by atoms with Crippen LogP contribution in [0.15, 0.2) is 0 Å². The van der Waals surface area contributed by atoms with Gasteiger partial charge in [0.05, 0.1) is 7.11 Å². The van der Waals surface area contributed by atoms with E-state index >= 15 is 0 Å². The fourth-order valence-corrected chi connectivity index (χ4v) is 1.73. The van der Waals surface area contributed by atoms with E-state index in [-0.39, 0.29) is 24.4 Å². The lowest BCUT2D eigenvalue weighted by atomic mass is 10.2. The molecule has 1 N–H and O–H groups in total. The predicted molar refractivity (Wildman–Crippen MR) is 42.7 cm³/mol. The summed E-state index contributed by atoms with van der Waals surface area (Å²) < 4.78 is 4.63. The Morgan fingerprint density at radius 3 is 2.73 bits per heavy atom. The number of fused-ring (bicyclic) bond motifs is 1. The Hall–Kier alpha value is -0.280. The average Bonchev–Trinajstić information content (AvgIpc) is 2.62. The van der Waals surface area contributed by atoms with Gasteiger partial charge < -0.3 is 10.1 Å². The first-order valence-corrected chi connectivity index (χ1v) is 3.64. The zero-order valence-corrected chi connectivity index (χ0v) is 7.19. The Kier molecular flexibility index (Phi) is 2.40. The third kappa shape index (κ3) is 1.35. The Bertz CT molecular complexity index is 174. The summed E-state index contributed by atoms with van der Waals surface area (Å²) in [7, 11) is 1.44. The second kappa shape index (κ2) is 2.99. The van der Waals surface area contributed by atoms with Crippen LogP contribution in [0.1, 0.15) is 6.42 Å². The van der Waals surface area contributed by atoms with Crippen LogP contribution in [0.3, 0.4) is 0 Å². The lowest BCUT2D eigenvalue weighted by Crippen LogP contribution is -2.35. The standard InChI is InChI=1S/C7H11NO2.ClH/c1-10-7(9)6-5-2-4(5)3-8-6;/h4-6,8H,2-3H2,1H3;1H/t4-,5-,6-;/m1./s1. The van der Waals surface area contributed by atoms with Gasteiger partial charge in [-0.3, -0.25) is 4.79 Å². The van der Waals surface area contributed by atoms with E-state index in [1.54, 1.807) is 0 Å². The molecular weight excluding hydrogens is 166 g/mol. The van der Waals surface area contributed by atoms with Crippen molar-refractivity contribution in [2.75, 3.05) is 13.7 Å². The number of hydrogen-bond donors (Lipinski definition) is 1. The monoisotopic (exact) mass is 177 g/mol. The summed E-state index contributed by atoms with van der Waals surface area (Å²) in [6.45, 7) is 1.00. The minimum absolute atomic E-state index is 0. The van der Waals surface area contributed by atoms with Gasteiger partial charge in [0.15, 0.2) is 0 Å². The Morgan fingerprint density at radius 2 is 2.36 bits per heavy atom. The van der Waals surface area contributed by atoms with Gasteiger partial charge in [0.25, 0.3) is 0 Å². The average molecular weight is 178 g/mol. The zero-order valence-electron chi connectivity index (χ0n) is 6.37. The predicted octanol–water partition coefficient (Wildman–Crippen LogP) is 0.189. The molecule has 1 aliphatic carbocycles. The number of rotatable bonds is 1. The first-order chi connectivity index (χ1) is 4.83. The summed E-state index contributed by atoms with van der Waals surface area (Å²) in [5, 5.41) is 3.13. The number of carbonyl (C=O) groups excluding carboxylic acids is 1. The molecule has 0 amide bonds. The Balaban J connectivity index is 0.000000605. The topological polar surface area (TPSA) is 38.3 Å². The van der Waals surface area contributed by atoms with Crippen LogP contribution in [-0.2, 0) is 9.53 Å². The Labute approximate surface area is 71.9 Å². The summed E-state index contributed by atoms with van der Waals surface area (Å²) in [6.07, 6.45) is 1.22. The van der Waals surface area contributed by atoms with E-state index < -0.39 is 0 Å². The van der Waals surface area contributed by atoms with Crippen molar-refractivity contribution in [3.05, 3.63) is 0 Å². The maximum absolute atomic E-state index is 11.0. The molecule has 3 atom stereocenters. The van der Waals surface area contributed by atoms with E-state index in [0.717, 1.165) is 12.5 Å². The maximum atomic E-state index is 11.0. The number of nitrogens with one attached hydrogen (secondary N) is 1. The molecule has 0 aromatic rings. The quantitative estimate of drug-likeness (QED) is 0.582. The summed E-state index contributed by atoms with van der Waals surface area (Å²) >= 11 is 0. The van der Waals surface area contributed by atoms with E-state index in [1.165, 1.54) is 13.5 Å². The SMILES string of the molecule is COC(=O)[C@@H]1NC[C@H]2C[C@H]21.Cl. The van der Waals surface area contributed by atoms with E-state index in [1.807, 2.05) is 0 Å². The highest BCUT2D eigenvalue weighted by atomic mass is 35.5. The molecule has 0 unspecified atom stereocenters. The smallest absolute Gasteiger partial charge is 0.323 e. The fraction of sp³-hybridized carbons (Fsp3) is 0.857. The number of piperidine rings is 1. The highest BCUT2D eigenvalue weighted by Crippen LogP contribution is 2.45. The lowest BCUT2D eigenvalue weighted by Gasteiger charge is -2.08. The number of halogens is 1. The molecule has 4 heteroatoms. The Morgan fingerprint density at radius 1 is 1.64 bits per heavy atom. The zero-order chi connectivity index (χ0) is 7.14. The molecule has 3 nitrogen and oxygen atoms in total. The van der Waals surface area contributed by atoms with Crippen LogP contribution >= 0.6 is 12.4 Å². The normalized spacial score (nSPS) is 38.8. The van der Waals surface area contributed by atoms with E-state index in [9.17, 15) is 4.79 Å². The first kappa shape index (κ1) is 8.81. The number of methoxy groups -OCH3 is 1. The minimum Gasteiger partial charge on any atom is -0.468 e.